The average Bonchev–Trinajstić information content (AvgIpc) is 3.39. The monoisotopic (exact) mass is 1090 g/mol. The fourth-order valence-corrected chi connectivity index (χ4v) is 9.00. The number of phosphoric acid groups is 1. The predicted octanol–water partition coefficient (Wildman–Crippen LogP) is 19.5. The van der Waals surface area contributed by atoms with Crippen molar-refractivity contribution < 1.29 is 32.9 Å². The second-order valence-corrected chi connectivity index (χ2v) is 23.1. The number of nitrogens with one attached hydrogen (secondary N) is 1. The predicted molar refractivity (Wildman–Crippen MR) is 336 cm³/mol. The molecule has 0 aromatic carbocycles. The number of allylic oxidation sites excluding steroid dienone is 21. The molecule has 0 aliphatic carbocycles. The van der Waals surface area contributed by atoms with E-state index in [0.29, 0.717) is 17.4 Å². The van der Waals surface area contributed by atoms with Crippen molar-refractivity contribution in [3.8, 4) is 0 Å². The van der Waals surface area contributed by atoms with Crippen molar-refractivity contribution >= 4 is 13.7 Å². The molecule has 440 valence electrons. The van der Waals surface area contributed by atoms with Crippen molar-refractivity contribution in [3.63, 3.8) is 0 Å². The number of hydrogen-bond donors (Lipinski definition) is 3. The largest absolute Gasteiger partial charge is 0.472 e. The summed E-state index contributed by atoms with van der Waals surface area (Å²) in [5, 5.41) is 13.9. The fourth-order valence-electron chi connectivity index (χ4n) is 8.27. The number of aliphatic hydroxyl groups is 1. The van der Waals surface area contributed by atoms with Crippen LogP contribution < -0.4 is 5.32 Å². The summed E-state index contributed by atoms with van der Waals surface area (Å²) < 4.78 is 23.7. The second-order valence-electron chi connectivity index (χ2n) is 21.7. The summed E-state index contributed by atoms with van der Waals surface area (Å²) >= 11 is 0. The first-order valence-electron chi connectivity index (χ1n) is 31.1. The van der Waals surface area contributed by atoms with Crippen LogP contribution in [-0.4, -0.2) is 73.4 Å². The molecule has 0 rings (SSSR count). The standard InChI is InChI=1S/C68H117N2O6P/c1-6-8-10-12-14-16-18-20-22-24-26-28-29-30-31-32-33-34-35-36-37-38-39-40-41-42-44-46-48-50-52-54-56-58-60-62-68(72)69-66(65-76-77(73,74)75-64-63-70(3,4)5)67(71)61-59-57-55-53-51-49-47-45-43-27-25-23-21-19-17-15-13-11-9-7-2/h8,10,14,16,20,22,26,28,30-31,33-34,36-37,39-40,43,45,51,53,59,61,66-67,71H,6-7,9,11-13,15,17-19,21,23-25,27,29,32,35,38,41-42,44,46-50,52,54-58,60,62-65H2,1-5H3,(H-,69,72,73,74)/p+1/b10-8-,16-14-,22-20-,28-26-,31-30-,34-33-,37-36-,40-39-,45-43+,53-51+,61-59+. The Balaban J connectivity index is 4.23. The van der Waals surface area contributed by atoms with Gasteiger partial charge in [-0.25, -0.2) is 4.57 Å². The van der Waals surface area contributed by atoms with Crippen LogP contribution in [0.1, 0.15) is 239 Å². The average molecular weight is 1090 g/mol. The van der Waals surface area contributed by atoms with Gasteiger partial charge in [-0.3, -0.25) is 13.8 Å². The summed E-state index contributed by atoms with van der Waals surface area (Å²) in [7, 11) is 1.53. The Labute approximate surface area is 475 Å². The summed E-state index contributed by atoms with van der Waals surface area (Å²) in [5.41, 5.74) is 0. The molecule has 0 aliphatic heterocycles. The van der Waals surface area contributed by atoms with Crippen molar-refractivity contribution in [2.45, 2.75) is 251 Å². The Morgan fingerprint density at radius 1 is 0.455 bits per heavy atom. The zero-order valence-corrected chi connectivity index (χ0v) is 51.0. The van der Waals surface area contributed by atoms with Gasteiger partial charge in [0.1, 0.15) is 13.2 Å². The number of unbranched alkanes of at least 4 members (excludes halogenated alkanes) is 22. The van der Waals surface area contributed by atoms with Gasteiger partial charge in [0.15, 0.2) is 0 Å². The molecule has 9 heteroatoms. The smallest absolute Gasteiger partial charge is 0.387 e. The Kier molecular flexibility index (Phi) is 54.8. The van der Waals surface area contributed by atoms with Crippen LogP contribution in [0.15, 0.2) is 134 Å². The molecule has 3 unspecified atom stereocenters. The minimum absolute atomic E-state index is 0.0462. The number of carbonyl (C=O) groups excluding carboxylic acids is 1. The second kappa shape index (κ2) is 57.3. The van der Waals surface area contributed by atoms with Gasteiger partial charge in [-0.1, -0.05) is 257 Å². The van der Waals surface area contributed by atoms with Crippen molar-refractivity contribution in [2.75, 3.05) is 40.9 Å². The number of phosphoric ester groups is 1. The van der Waals surface area contributed by atoms with Crippen LogP contribution in [0.2, 0.25) is 0 Å². The maximum Gasteiger partial charge on any atom is 0.472 e. The van der Waals surface area contributed by atoms with E-state index >= 15 is 0 Å². The lowest BCUT2D eigenvalue weighted by Crippen LogP contribution is -2.45. The SMILES string of the molecule is CC/C=C\C/C=C\C/C=C\C/C=C\C/C=C\C/C=C\C/C=C\C/C=C\CCCCCCCCCCCCC(=O)NC(COP(=O)(O)OCC[N+](C)(C)C)C(O)/C=C/CC/C=C/CC/C=C/CCCCCCCCCCCC. The first-order valence-corrected chi connectivity index (χ1v) is 32.6. The van der Waals surface area contributed by atoms with Crippen molar-refractivity contribution in [1.29, 1.82) is 0 Å². The van der Waals surface area contributed by atoms with E-state index in [9.17, 15) is 19.4 Å². The van der Waals surface area contributed by atoms with Crippen LogP contribution in [0.4, 0.5) is 0 Å². The lowest BCUT2D eigenvalue weighted by molar-refractivity contribution is -0.870. The van der Waals surface area contributed by atoms with E-state index < -0.39 is 20.0 Å². The van der Waals surface area contributed by atoms with Crippen molar-refractivity contribution in [2.24, 2.45) is 0 Å². The molecule has 0 aliphatic rings. The molecule has 77 heavy (non-hydrogen) atoms. The quantitative estimate of drug-likeness (QED) is 0.0243. The molecular weight excluding hydrogens is 972 g/mol. The zero-order chi connectivity index (χ0) is 56.3. The summed E-state index contributed by atoms with van der Waals surface area (Å²) in [6.45, 7) is 4.66. The summed E-state index contributed by atoms with van der Waals surface area (Å²) in [5.74, 6) is -0.201. The summed E-state index contributed by atoms with van der Waals surface area (Å²) in [6.07, 6.45) is 87.1. The third-order valence-corrected chi connectivity index (χ3v) is 14.1. The number of hydrogen-bond acceptors (Lipinski definition) is 5. The Morgan fingerprint density at radius 2 is 0.792 bits per heavy atom. The topological polar surface area (TPSA) is 105 Å². The van der Waals surface area contributed by atoms with E-state index in [1.54, 1.807) is 6.08 Å². The molecule has 0 saturated carbocycles. The van der Waals surface area contributed by atoms with Crippen LogP contribution in [0.25, 0.3) is 0 Å². The number of quaternary nitrogens is 1. The summed E-state index contributed by atoms with van der Waals surface area (Å²) in [6, 6.07) is -0.882. The molecule has 1 amide bonds. The molecular formula is C68H118N2O6P+. The molecule has 0 aromatic heterocycles. The fraction of sp³-hybridized carbons (Fsp3) is 0.662. The Hall–Kier alpha value is -3.36. The first-order chi connectivity index (χ1) is 37.5. The van der Waals surface area contributed by atoms with Gasteiger partial charge in [-0.15, -0.1) is 0 Å². The number of amides is 1. The maximum absolute atomic E-state index is 13.0. The number of rotatable bonds is 55. The van der Waals surface area contributed by atoms with E-state index in [4.69, 9.17) is 9.05 Å². The molecule has 3 N–H and O–H groups in total. The Morgan fingerprint density at radius 3 is 1.19 bits per heavy atom. The third kappa shape index (κ3) is 60.1. The maximum atomic E-state index is 13.0. The highest BCUT2D eigenvalue weighted by Crippen LogP contribution is 2.43. The van der Waals surface area contributed by atoms with Crippen molar-refractivity contribution in [1.82, 2.24) is 5.32 Å². The first kappa shape index (κ1) is 73.6. The Bertz CT molecular complexity index is 1710. The van der Waals surface area contributed by atoms with Crippen LogP contribution in [0, 0.1) is 0 Å². The van der Waals surface area contributed by atoms with Crippen LogP contribution in [0.5, 0.6) is 0 Å². The molecule has 8 nitrogen and oxygen atoms in total. The highest BCUT2D eigenvalue weighted by molar-refractivity contribution is 7.47. The minimum Gasteiger partial charge on any atom is -0.387 e. The van der Waals surface area contributed by atoms with E-state index in [1.165, 1.54) is 116 Å². The van der Waals surface area contributed by atoms with Crippen molar-refractivity contribution in [3.05, 3.63) is 134 Å². The molecule has 0 bridgehead atoms. The van der Waals surface area contributed by atoms with Gasteiger partial charge >= 0.3 is 7.82 Å². The van der Waals surface area contributed by atoms with Gasteiger partial charge in [-0.2, -0.15) is 0 Å². The summed E-state index contributed by atoms with van der Waals surface area (Å²) in [4.78, 5) is 23.3. The lowest BCUT2D eigenvalue weighted by atomic mass is 10.0. The highest BCUT2D eigenvalue weighted by Gasteiger charge is 2.27. The van der Waals surface area contributed by atoms with Gasteiger partial charge in [0.2, 0.25) is 5.91 Å². The van der Waals surface area contributed by atoms with Crippen LogP contribution in [-0.2, 0) is 18.4 Å². The number of carbonyl (C=O) groups is 1. The molecule has 0 heterocycles. The lowest BCUT2D eigenvalue weighted by Gasteiger charge is -2.25. The molecule has 0 saturated heterocycles. The number of nitrogens with zero attached hydrogens (tertiary/aromatic N) is 1. The normalized spacial score (nSPS) is 14.7. The molecule has 0 radical (unpaired) electrons. The molecule has 3 atom stereocenters. The van der Waals surface area contributed by atoms with Gasteiger partial charge < -0.3 is 19.8 Å². The molecule has 0 fully saturated rings. The van der Waals surface area contributed by atoms with E-state index in [-0.39, 0.29) is 19.1 Å². The van der Waals surface area contributed by atoms with Gasteiger partial charge in [0, 0.05) is 6.42 Å². The minimum atomic E-state index is -4.37. The van der Waals surface area contributed by atoms with Gasteiger partial charge in [-0.05, 0) is 109 Å². The van der Waals surface area contributed by atoms with Crippen LogP contribution in [0.3, 0.4) is 0 Å². The molecule has 0 aromatic rings. The van der Waals surface area contributed by atoms with Gasteiger partial charge in [0.05, 0.1) is 39.9 Å². The van der Waals surface area contributed by atoms with Gasteiger partial charge in [0.25, 0.3) is 0 Å². The van der Waals surface area contributed by atoms with E-state index in [1.807, 2.05) is 27.2 Å². The number of aliphatic hydroxyl groups excluding tert-OH is 1. The number of likely N-dealkylation sites (N-methyl/N-ethyl adjacent to an activating group) is 1. The van der Waals surface area contributed by atoms with Crippen LogP contribution >= 0.6 is 7.82 Å². The zero-order valence-electron chi connectivity index (χ0n) is 50.1. The molecule has 0 spiro atoms. The van der Waals surface area contributed by atoms with E-state index in [0.717, 1.165) is 103 Å². The highest BCUT2D eigenvalue weighted by atomic mass is 31.2. The third-order valence-electron chi connectivity index (χ3n) is 13.1. The van der Waals surface area contributed by atoms with E-state index in [2.05, 4.69) is 141 Å².